The van der Waals surface area contributed by atoms with Gasteiger partial charge in [-0.25, -0.2) is 4.79 Å². The molecule has 3 rings (SSSR count). The van der Waals surface area contributed by atoms with Crippen LogP contribution in [0.1, 0.15) is 17.5 Å². The fourth-order valence-corrected chi connectivity index (χ4v) is 3.49. The molecule has 1 aliphatic rings. The Morgan fingerprint density at radius 1 is 1.38 bits per heavy atom. The van der Waals surface area contributed by atoms with E-state index in [9.17, 15) is 29.7 Å². The molecule has 2 aromatic rings. The fraction of sp³-hybridized carbons (Fsp3) is 0.421. The van der Waals surface area contributed by atoms with Gasteiger partial charge >= 0.3 is 5.69 Å². The minimum Gasteiger partial charge on any atom is -0.508 e. The number of nitrogens with two attached hydrogens (primary N) is 1. The van der Waals surface area contributed by atoms with Gasteiger partial charge in [0.15, 0.2) is 0 Å². The summed E-state index contributed by atoms with van der Waals surface area (Å²) in [5.74, 6) is -0.623. The predicted molar refractivity (Wildman–Crippen MR) is 101 cm³/mol. The van der Waals surface area contributed by atoms with Crippen LogP contribution in [0.15, 0.2) is 40.1 Å². The zero-order chi connectivity index (χ0) is 21.3. The summed E-state index contributed by atoms with van der Waals surface area (Å²) in [6.45, 7) is 0.888. The lowest BCUT2D eigenvalue weighted by Gasteiger charge is -2.32. The van der Waals surface area contributed by atoms with Crippen molar-refractivity contribution in [2.24, 2.45) is 5.73 Å². The van der Waals surface area contributed by atoms with Crippen molar-refractivity contribution < 1.29 is 24.9 Å². The number of carbonyl (C=O) groups is 1. The lowest BCUT2D eigenvalue weighted by Crippen LogP contribution is -2.55. The average Bonchev–Trinajstić information content (AvgIpc) is 3.03. The first-order valence-corrected chi connectivity index (χ1v) is 9.05. The van der Waals surface area contributed by atoms with Crippen LogP contribution in [0.2, 0.25) is 0 Å². The van der Waals surface area contributed by atoms with E-state index in [0.717, 1.165) is 4.57 Å². The van der Waals surface area contributed by atoms with E-state index in [1.165, 1.54) is 25.3 Å². The third-order valence-electron chi connectivity index (χ3n) is 5.06. The molecule has 1 aromatic carbocycles. The molecule has 4 atom stereocenters. The van der Waals surface area contributed by atoms with Gasteiger partial charge < -0.3 is 25.8 Å². The second kappa shape index (κ2) is 7.91. The highest BCUT2D eigenvalue weighted by Crippen LogP contribution is 2.36. The van der Waals surface area contributed by atoms with Crippen LogP contribution in [0.5, 0.6) is 5.75 Å². The average molecular weight is 405 g/mol. The van der Waals surface area contributed by atoms with Gasteiger partial charge in [-0.1, -0.05) is 12.1 Å². The van der Waals surface area contributed by atoms with Gasteiger partial charge in [-0.15, -0.1) is 0 Å². The number of ether oxygens (including phenoxy) is 1. The number of hydrogen-bond acceptors (Lipinski definition) is 8. The number of Topliss-reactive ketones (excluding diaryl/α,β-unsaturated/α-hetero) is 1. The van der Waals surface area contributed by atoms with Crippen molar-refractivity contribution in [1.82, 2.24) is 9.55 Å². The highest BCUT2D eigenvalue weighted by atomic mass is 16.6. The Balaban J connectivity index is 2.03. The van der Waals surface area contributed by atoms with Crippen molar-refractivity contribution in [3.05, 3.63) is 62.4 Å². The summed E-state index contributed by atoms with van der Waals surface area (Å²) in [4.78, 5) is 39.7. The Kier molecular flexibility index (Phi) is 5.71. The lowest BCUT2D eigenvalue weighted by molar-refractivity contribution is -0.163. The number of rotatable bonds is 6. The molecule has 0 spiro atoms. The number of aromatic amines is 1. The van der Waals surface area contributed by atoms with Crippen LogP contribution in [-0.2, 0) is 21.7 Å². The summed E-state index contributed by atoms with van der Waals surface area (Å²) in [6, 6.07) is 4.99. The topological polar surface area (TPSA) is 168 Å². The largest absolute Gasteiger partial charge is 0.508 e. The van der Waals surface area contributed by atoms with E-state index >= 15 is 0 Å². The smallest absolute Gasteiger partial charge is 0.331 e. The second-order valence-electron chi connectivity index (χ2n) is 7.18. The van der Waals surface area contributed by atoms with Crippen molar-refractivity contribution in [1.29, 1.82) is 0 Å². The zero-order valence-corrected chi connectivity index (χ0v) is 15.7. The van der Waals surface area contributed by atoms with E-state index < -0.39 is 47.6 Å². The number of aliphatic hydroxyl groups excluding tert-OH is 2. The SMILES string of the molecule is Cc1cn([C@@]2(C(=O)[C@@H](N)Cc3ccc(O)cc3)C[C@H](O)[C@@H](CO)O2)c(=O)[nH]c1=O. The number of aromatic hydroxyl groups is 1. The van der Waals surface area contributed by atoms with Crippen LogP contribution in [0.25, 0.3) is 0 Å². The number of nitrogens with one attached hydrogen (secondary N) is 1. The van der Waals surface area contributed by atoms with Gasteiger partial charge in [0.1, 0.15) is 11.9 Å². The number of nitrogens with zero attached hydrogens (tertiary/aromatic N) is 1. The Bertz CT molecular complexity index is 1010. The number of hydrogen-bond donors (Lipinski definition) is 5. The molecule has 0 bridgehead atoms. The molecular formula is C19H23N3O7. The molecule has 0 aliphatic carbocycles. The summed E-state index contributed by atoms with van der Waals surface area (Å²) in [5, 5.41) is 29.1. The number of phenols is 1. The maximum atomic E-state index is 13.4. The number of H-pyrrole nitrogens is 1. The number of aryl methyl sites for hydroxylation is 1. The Morgan fingerprint density at radius 3 is 2.62 bits per heavy atom. The van der Waals surface area contributed by atoms with Crippen molar-refractivity contribution in [2.45, 2.75) is 43.7 Å². The number of benzene rings is 1. The van der Waals surface area contributed by atoms with E-state index in [1.807, 2.05) is 0 Å². The van der Waals surface area contributed by atoms with E-state index in [2.05, 4.69) is 4.98 Å². The van der Waals surface area contributed by atoms with Crippen LogP contribution >= 0.6 is 0 Å². The minimum atomic E-state index is -1.98. The van der Waals surface area contributed by atoms with Crippen LogP contribution in [-0.4, -0.2) is 55.5 Å². The standard InChI is InChI=1S/C19H23N3O7/c1-10-8-22(18(28)21-17(10)27)19(7-14(25)15(9-23)29-19)16(26)13(20)6-11-2-4-12(24)5-3-11/h2-5,8,13-15,23-25H,6-7,9,20H2,1H3,(H,21,27,28)/t13-,14-,15+,19-/m0/s1. The molecule has 2 heterocycles. The molecule has 1 aliphatic heterocycles. The molecule has 6 N–H and O–H groups in total. The van der Waals surface area contributed by atoms with E-state index in [4.69, 9.17) is 10.5 Å². The maximum Gasteiger partial charge on any atom is 0.331 e. The van der Waals surface area contributed by atoms with Gasteiger partial charge in [0.05, 0.1) is 18.8 Å². The van der Waals surface area contributed by atoms with Crippen molar-refractivity contribution in [2.75, 3.05) is 6.61 Å². The first kappa shape index (κ1) is 20.9. The molecule has 10 heteroatoms. The first-order valence-electron chi connectivity index (χ1n) is 9.05. The van der Waals surface area contributed by atoms with Crippen molar-refractivity contribution in [3.63, 3.8) is 0 Å². The Morgan fingerprint density at radius 2 is 2.03 bits per heavy atom. The summed E-state index contributed by atoms with van der Waals surface area (Å²) in [5.41, 5.74) is 3.47. The number of phenolic OH excluding ortho intramolecular Hbond substituents is 1. The third-order valence-corrected chi connectivity index (χ3v) is 5.06. The summed E-state index contributed by atoms with van der Waals surface area (Å²) < 4.78 is 6.60. The van der Waals surface area contributed by atoms with Crippen LogP contribution < -0.4 is 17.0 Å². The van der Waals surface area contributed by atoms with Crippen LogP contribution in [0.4, 0.5) is 0 Å². The van der Waals surface area contributed by atoms with Gasteiger partial charge in [-0.05, 0) is 31.0 Å². The number of ketones is 1. The Hall–Kier alpha value is -2.79. The lowest BCUT2D eigenvalue weighted by atomic mass is 9.93. The normalized spacial score (nSPS) is 25.1. The van der Waals surface area contributed by atoms with Crippen LogP contribution in [0, 0.1) is 6.92 Å². The van der Waals surface area contributed by atoms with Gasteiger partial charge in [-0.3, -0.25) is 19.1 Å². The molecule has 1 aromatic heterocycles. The molecule has 10 nitrogen and oxygen atoms in total. The maximum absolute atomic E-state index is 13.4. The summed E-state index contributed by atoms with van der Waals surface area (Å²) in [6.07, 6.45) is -1.37. The number of aliphatic hydroxyl groups is 2. The number of aromatic nitrogens is 2. The molecule has 0 amide bonds. The van der Waals surface area contributed by atoms with E-state index in [1.54, 1.807) is 12.1 Å². The molecule has 1 saturated heterocycles. The Labute approximate surface area is 165 Å². The molecule has 156 valence electrons. The summed E-state index contributed by atoms with van der Waals surface area (Å²) >= 11 is 0. The van der Waals surface area contributed by atoms with Gasteiger partial charge in [-0.2, -0.15) is 0 Å². The zero-order valence-electron chi connectivity index (χ0n) is 15.7. The van der Waals surface area contributed by atoms with Crippen molar-refractivity contribution in [3.8, 4) is 5.75 Å². The molecule has 0 unspecified atom stereocenters. The highest BCUT2D eigenvalue weighted by molar-refractivity contribution is 5.90. The first-order chi connectivity index (χ1) is 13.7. The molecule has 29 heavy (non-hydrogen) atoms. The fourth-order valence-electron chi connectivity index (χ4n) is 3.49. The van der Waals surface area contributed by atoms with Crippen LogP contribution in [0.3, 0.4) is 0 Å². The van der Waals surface area contributed by atoms with Crippen molar-refractivity contribution >= 4 is 5.78 Å². The van der Waals surface area contributed by atoms with Gasteiger partial charge in [0.2, 0.25) is 11.5 Å². The third kappa shape index (κ3) is 3.87. The second-order valence-corrected chi connectivity index (χ2v) is 7.18. The molecule has 0 radical (unpaired) electrons. The molecule has 0 saturated carbocycles. The highest BCUT2D eigenvalue weighted by Gasteiger charge is 2.54. The van der Waals surface area contributed by atoms with Gasteiger partial charge in [0.25, 0.3) is 5.56 Å². The monoisotopic (exact) mass is 405 g/mol. The van der Waals surface area contributed by atoms with E-state index in [0.29, 0.717) is 5.56 Å². The van der Waals surface area contributed by atoms with Gasteiger partial charge in [0, 0.05) is 18.2 Å². The number of carbonyl (C=O) groups excluding carboxylic acids is 1. The predicted octanol–water partition coefficient (Wildman–Crippen LogP) is -1.52. The summed E-state index contributed by atoms with van der Waals surface area (Å²) in [7, 11) is 0. The van der Waals surface area contributed by atoms with E-state index in [-0.39, 0.29) is 24.2 Å². The minimum absolute atomic E-state index is 0.0634. The molecule has 1 fully saturated rings. The molecular weight excluding hydrogens is 382 g/mol. The quantitative estimate of drug-likeness (QED) is 0.386.